The molecule has 1 aromatic heterocycles. The minimum atomic E-state index is -0.535. The Morgan fingerprint density at radius 3 is 2.61 bits per heavy atom. The number of aromatic nitrogens is 1. The molecule has 3 N–H and O–H groups in total. The summed E-state index contributed by atoms with van der Waals surface area (Å²) in [6.07, 6.45) is 3.05. The molecule has 18 heavy (non-hydrogen) atoms. The fraction of sp³-hybridized carbons (Fsp3) is 0.538. The molecule has 0 atom stereocenters. The summed E-state index contributed by atoms with van der Waals surface area (Å²) in [6.45, 7) is 6.15. The predicted molar refractivity (Wildman–Crippen MR) is 74.7 cm³/mol. The van der Waals surface area contributed by atoms with Crippen molar-refractivity contribution in [3.8, 4) is 0 Å². The molecule has 1 heterocycles. The van der Waals surface area contributed by atoms with Crippen LogP contribution in [0.1, 0.15) is 32.3 Å². The van der Waals surface area contributed by atoms with E-state index in [4.69, 9.17) is 17.3 Å². The van der Waals surface area contributed by atoms with E-state index in [1.165, 1.54) is 0 Å². The summed E-state index contributed by atoms with van der Waals surface area (Å²) in [7, 11) is 0. The van der Waals surface area contributed by atoms with Gasteiger partial charge in [0.1, 0.15) is 0 Å². The lowest BCUT2D eigenvalue weighted by Gasteiger charge is -2.28. The van der Waals surface area contributed by atoms with E-state index in [-0.39, 0.29) is 5.91 Å². The van der Waals surface area contributed by atoms with Gasteiger partial charge in [0.25, 0.3) is 0 Å². The first-order chi connectivity index (χ1) is 8.49. The third-order valence-electron chi connectivity index (χ3n) is 3.45. The molecule has 0 saturated carbocycles. The Hall–Kier alpha value is -1.13. The Morgan fingerprint density at radius 1 is 1.50 bits per heavy atom. The second-order valence-electron chi connectivity index (χ2n) is 4.50. The van der Waals surface area contributed by atoms with Crippen molar-refractivity contribution in [3.05, 3.63) is 23.0 Å². The van der Waals surface area contributed by atoms with Crippen LogP contribution in [0.25, 0.3) is 0 Å². The summed E-state index contributed by atoms with van der Waals surface area (Å²) in [5, 5.41) is 3.13. The molecule has 1 amide bonds. The molecule has 1 aromatic rings. The van der Waals surface area contributed by atoms with Crippen molar-refractivity contribution in [2.24, 2.45) is 11.1 Å². The van der Waals surface area contributed by atoms with Gasteiger partial charge >= 0.3 is 0 Å². The van der Waals surface area contributed by atoms with Gasteiger partial charge in [-0.3, -0.25) is 4.79 Å². The van der Waals surface area contributed by atoms with Crippen molar-refractivity contribution < 1.29 is 4.79 Å². The zero-order valence-electron chi connectivity index (χ0n) is 11.1. The van der Waals surface area contributed by atoms with Crippen molar-refractivity contribution >= 4 is 23.2 Å². The molecule has 0 radical (unpaired) electrons. The van der Waals surface area contributed by atoms with Crippen LogP contribution in [0.5, 0.6) is 0 Å². The number of anilines is 1. The standard InChI is InChI=1S/C13H20ClN3O/c1-4-13(5-2,8-15)12(18)17-10-6-9(3)7-16-11(10)14/h6-7H,4-5,8,15H2,1-3H3,(H,17,18). The molecule has 0 aliphatic rings. The predicted octanol–water partition coefficient (Wildman–Crippen LogP) is 2.75. The van der Waals surface area contributed by atoms with Gasteiger partial charge in [-0.1, -0.05) is 25.4 Å². The number of amides is 1. The third-order valence-corrected chi connectivity index (χ3v) is 3.75. The van der Waals surface area contributed by atoms with Crippen LogP contribution in [0.2, 0.25) is 5.15 Å². The summed E-state index contributed by atoms with van der Waals surface area (Å²) < 4.78 is 0. The average Bonchev–Trinajstić information content (AvgIpc) is 2.37. The number of carbonyl (C=O) groups excluding carboxylic acids is 1. The number of aryl methyl sites for hydroxylation is 1. The van der Waals surface area contributed by atoms with Crippen LogP contribution in [-0.2, 0) is 4.79 Å². The van der Waals surface area contributed by atoms with E-state index >= 15 is 0 Å². The topological polar surface area (TPSA) is 68.0 Å². The number of nitrogens with zero attached hydrogens (tertiary/aromatic N) is 1. The van der Waals surface area contributed by atoms with Gasteiger partial charge in [-0.05, 0) is 31.4 Å². The smallest absolute Gasteiger partial charge is 0.231 e. The summed E-state index contributed by atoms with van der Waals surface area (Å²) in [5.74, 6) is -0.0932. The highest BCUT2D eigenvalue weighted by Crippen LogP contribution is 2.28. The highest BCUT2D eigenvalue weighted by atomic mass is 35.5. The number of hydrogen-bond acceptors (Lipinski definition) is 3. The number of pyridine rings is 1. The van der Waals surface area contributed by atoms with E-state index in [2.05, 4.69) is 10.3 Å². The summed E-state index contributed by atoms with van der Waals surface area (Å²) in [4.78, 5) is 16.3. The molecule has 5 heteroatoms. The Kier molecular flexibility index (Phi) is 5.11. The van der Waals surface area contributed by atoms with Gasteiger partial charge in [0, 0.05) is 12.7 Å². The normalized spacial score (nSPS) is 11.4. The molecule has 0 spiro atoms. The summed E-state index contributed by atoms with van der Waals surface area (Å²) in [5.41, 5.74) is 6.70. The molecule has 0 fully saturated rings. The van der Waals surface area contributed by atoms with Gasteiger partial charge in [-0.25, -0.2) is 4.98 Å². The Bertz CT molecular complexity index is 422. The maximum absolute atomic E-state index is 12.3. The molecule has 0 unspecified atom stereocenters. The number of hydrogen-bond donors (Lipinski definition) is 2. The third kappa shape index (κ3) is 3.00. The largest absolute Gasteiger partial charge is 0.329 e. The molecule has 100 valence electrons. The minimum Gasteiger partial charge on any atom is -0.329 e. The number of halogens is 1. The Balaban J connectivity index is 2.96. The van der Waals surface area contributed by atoms with Crippen LogP contribution in [0.15, 0.2) is 12.3 Å². The Morgan fingerprint density at radius 2 is 2.11 bits per heavy atom. The van der Waals surface area contributed by atoms with E-state index in [1.54, 1.807) is 12.3 Å². The second-order valence-corrected chi connectivity index (χ2v) is 4.85. The van der Waals surface area contributed by atoms with Crippen LogP contribution in [0.4, 0.5) is 5.69 Å². The highest BCUT2D eigenvalue weighted by molar-refractivity contribution is 6.32. The van der Waals surface area contributed by atoms with Crippen molar-refractivity contribution in [1.29, 1.82) is 0 Å². The van der Waals surface area contributed by atoms with E-state index in [1.807, 2.05) is 20.8 Å². The lowest BCUT2D eigenvalue weighted by Crippen LogP contribution is -2.41. The maximum Gasteiger partial charge on any atom is 0.231 e. The van der Waals surface area contributed by atoms with Crippen molar-refractivity contribution in [3.63, 3.8) is 0 Å². The van der Waals surface area contributed by atoms with Crippen LogP contribution in [0.3, 0.4) is 0 Å². The number of carbonyl (C=O) groups is 1. The van der Waals surface area contributed by atoms with Crippen LogP contribution >= 0.6 is 11.6 Å². The van der Waals surface area contributed by atoms with Crippen LogP contribution < -0.4 is 11.1 Å². The zero-order valence-corrected chi connectivity index (χ0v) is 11.8. The van der Waals surface area contributed by atoms with E-state index in [0.717, 1.165) is 5.56 Å². The van der Waals surface area contributed by atoms with Crippen LogP contribution in [-0.4, -0.2) is 17.4 Å². The first-order valence-corrected chi connectivity index (χ1v) is 6.50. The van der Waals surface area contributed by atoms with Gasteiger partial charge in [-0.2, -0.15) is 0 Å². The van der Waals surface area contributed by atoms with E-state index in [0.29, 0.717) is 30.2 Å². The van der Waals surface area contributed by atoms with Gasteiger partial charge < -0.3 is 11.1 Å². The maximum atomic E-state index is 12.3. The van der Waals surface area contributed by atoms with Crippen molar-refractivity contribution in [1.82, 2.24) is 4.98 Å². The molecule has 0 aliphatic carbocycles. The quantitative estimate of drug-likeness (QED) is 0.808. The molecule has 4 nitrogen and oxygen atoms in total. The first kappa shape index (κ1) is 14.9. The Labute approximate surface area is 113 Å². The zero-order chi connectivity index (χ0) is 13.8. The van der Waals surface area contributed by atoms with E-state index in [9.17, 15) is 4.79 Å². The van der Waals surface area contributed by atoms with Crippen molar-refractivity contribution in [2.45, 2.75) is 33.6 Å². The number of rotatable bonds is 5. The lowest BCUT2D eigenvalue weighted by molar-refractivity contribution is -0.125. The molecular weight excluding hydrogens is 250 g/mol. The van der Waals surface area contributed by atoms with Gasteiger partial charge in [-0.15, -0.1) is 0 Å². The molecular formula is C13H20ClN3O. The molecule has 0 bridgehead atoms. The molecule has 1 rings (SSSR count). The van der Waals surface area contributed by atoms with Gasteiger partial charge in [0.2, 0.25) is 5.91 Å². The second kappa shape index (κ2) is 6.16. The minimum absolute atomic E-state index is 0.0932. The SMILES string of the molecule is CCC(CC)(CN)C(=O)Nc1cc(C)cnc1Cl. The summed E-state index contributed by atoms with van der Waals surface area (Å²) in [6, 6.07) is 1.81. The monoisotopic (exact) mass is 269 g/mol. The lowest BCUT2D eigenvalue weighted by atomic mass is 9.81. The van der Waals surface area contributed by atoms with Gasteiger partial charge in [0.15, 0.2) is 5.15 Å². The molecule has 0 saturated heterocycles. The summed E-state index contributed by atoms with van der Waals surface area (Å²) >= 11 is 5.96. The average molecular weight is 270 g/mol. The highest BCUT2D eigenvalue weighted by Gasteiger charge is 2.33. The van der Waals surface area contributed by atoms with Crippen LogP contribution in [0, 0.1) is 12.3 Å². The number of nitrogens with two attached hydrogens (primary N) is 1. The fourth-order valence-corrected chi connectivity index (χ4v) is 2.00. The van der Waals surface area contributed by atoms with E-state index < -0.39 is 5.41 Å². The molecule has 0 aromatic carbocycles. The first-order valence-electron chi connectivity index (χ1n) is 6.12. The van der Waals surface area contributed by atoms with Gasteiger partial charge in [0.05, 0.1) is 11.1 Å². The fourth-order valence-electron chi connectivity index (χ4n) is 1.85. The number of nitrogens with one attached hydrogen (secondary N) is 1. The molecule has 0 aliphatic heterocycles. The van der Waals surface area contributed by atoms with Crippen molar-refractivity contribution in [2.75, 3.05) is 11.9 Å².